The van der Waals surface area contributed by atoms with E-state index in [1.807, 2.05) is 0 Å². The summed E-state index contributed by atoms with van der Waals surface area (Å²) >= 11 is 0. The number of aromatic nitrogens is 4. The molecule has 13 nitrogen and oxygen atoms in total. The summed E-state index contributed by atoms with van der Waals surface area (Å²) in [6.45, 7) is 0.231. The van der Waals surface area contributed by atoms with E-state index in [9.17, 15) is 19.2 Å². The Kier molecular flexibility index (Phi) is 8.62. The Morgan fingerprint density at radius 2 is 1.82 bits per heavy atom. The third kappa shape index (κ3) is 6.83. The Balaban J connectivity index is 0.00000385. The fourth-order valence-electron chi connectivity index (χ4n) is 2.75. The second kappa shape index (κ2) is 11.2. The maximum absolute atomic E-state index is 12.3. The predicted octanol–water partition coefficient (Wildman–Crippen LogP) is -0.0473. The molecule has 0 saturated carbocycles. The van der Waals surface area contributed by atoms with E-state index in [-0.39, 0.29) is 64.4 Å². The van der Waals surface area contributed by atoms with Crippen LogP contribution in [0.15, 0.2) is 35.3 Å². The molecule has 177 valence electrons. The van der Waals surface area contributed by atoms with Crippen molar-refractivity contribution in [3.8, 4) is 0 Å². The molecular weight excluding hydrogens is 530 g/mol. The number of carboxylic acid groups (broad SMARTS) is 2. The molecule has 0 bridgehead atoms. The van der Waals surface area contributed by atoms with Crippen molar-refractivity contribution in [1.82, 2.24) is 25.3 Å². The van der Waals surface area contributed by atoms with E-state index in [1.54, 1.807) is 12.1 Å². The summed E-state index contributed by atoms with van der Waals surface area (Å²) in [5.41, 5.74) is 6.47. The molecule has 0 saturated heterocycles. The number of rotatable bonds is 9. The van der Waals surface area contributed by atoms with Crippen LogP contribution < -0.4 is 21.9 Å². The van der Waals surface area contributed by atoms with Crippen molar-refractivity contribution in [3.05, 3.63) is 52.1 Å². The van der Waals surface area contributed by atoms with Crippen LogP contribution in [-0.2, 0) is 38.5 Å². The molecule has 0 spiro atoms. The monoisotopic (exact) mass is 548 g/mol. The summed E-state index contributed by atoms with van der Waals surface area (Å²) in [4.78, 5) is 60.6. The van der Waals surface area contributed by atoms with Crippen LogP contribution in [0, 0.1) is 0 Å². The number of nitrogens with zero attached hydrogens (tertiary/aromatic N) is 3. The first kappa shape index (κ1) is 25.5. The zero-order valence-corrected chi connectivity index (χ0v) is 18.3. The summed E-state index contributed by atoms with van der Waals surface area (Å²) in [6.07, 6.45) is 0.840. The largest absolute Gasteiger partial charge is 0.481 e. The number of hydrogen-bond donors (Lipinski definition) is 6. The molecule has 1 aromatic carbocycles. The number of nitrogens with one attached hydrogen (secondary N) is 3. The molecule has 33 heavy (non-hydrogen) atoms. The van der Waals surface area contributed by atoms with Gasteiger partial charge < -0.3 is 26.6 Å². The normalized spacial score (nSPS) is 11.3. The van der Waals surface area contributed by atoms with E-state index < -0.39 is 29.4 Å². The van der Waals surface area contributed by atoms with Crippen molar-refractivity contribution in [2.45, 2.75) is 25.4 Å². The van der Waals surface area contributed by atoms with Crippen LogP contribution in [0.25, 0.3) is 11.2 Å². The van der Waals surface area contributed by atoms with Crippen molar-refractivity contribution in [2.75, 3.05) is 11.1 Å². The molecule has 1 amide bonds. The van der Waals surface area contributed by atoms with Gasteiger partial charge in [-0.2, -0.15) is 4.98 Å². The molecule has 7 N–H and O–H groups in total. The molecule has 0 aliphatic rings. The number of aliphatic carboxylic acids is 2. The van der Waals surface area contributed by atoms with Crippen molar-refractivity contribution < 1.29 is 47.0 Å². The van der Waals surface area contributed by atoms with Gasteiger partial charge in [0.25, 0.3) is 11.5 Å². The molecule has 0 aliphatic carbocycles. The van der Waals surface area contributed by atoms with Crippen LogP contribution in [0.2, 0.25) is 0 Å². The fourth-order valence-corrected chi connectivity index (χ4v) is 2.75. The molecule has 0 aliphatic heterocycles. The average Bonchev–Trinajstić information content (AvgIpc) is 2.75. The second-order valence-corrected chi connectivity index (χ2v) is 6.71. The van der Waals surface area contributed by atoms with Gasteiger partial charge in [-0.25, -0.2) is 14.8 Å². The quantitative estimate of drug-likeness (QED) is 0.195. The van der Waals surface area contributed by atoms with Crippen LogP contribution in [0.5, 0.6) is 0 Å². The number of fused-ring (bicyclic) bond motifs is 1. The Hall–Kier alpha value is -3.81. The minimum atomic E-state index is -1.31. The molecular formula is C19H19AgN7O6. The second-order valence-electron chi connectivity index (χ2n) is 6.71. The number of anilines is 2. The Morgan fingerprint density at radius 3 is 2.45 bits per heavy atom. The predicted molar refractivity (Wildman–Crippen MR) is 112 cm³/mol. The number of carboxylic acids is 2. The summed E-state index contributed by atoms with van der Waals surface area (Å²) < 4.78 is 0. The van der Waals surface area contributed by atoms with E-state index >= 15 is 0 Å². The van der Waals surface area contributed by atoms with E-state index in [0.717, 1.165) is 0 Å². The summed E-state index contributed by atoms with van der Waals surface area (Å²) in [5, 5.41) is 23.2. The summed E-state index contributed by atoms with van der Waals surface area (Å²) in [7, 11) is 0. The third-order valence-corrected chi connectivity index (χ3v) is 4.36. The van der Waals surface area contributed by atoms with Crippen molar-refractivity contribution in [3.63, 3.8) is 0 Å². The van der Waals surface area contributed by atoms with Gasteiger partial charge in [0.15, 0.2) is 11.2 Å². The minimum absolute atomic E-state index is 0. The number of carbonyl (C=O) groups excluding carboxylic acids is 1. The number of H-pyrrole nitrogens is 1. The number of amides is 1. The van der Waals surface area contributed by atoms with Crippen molar-refractivity contribution in [1.29, 1.82) is 0 Å². The molecule has 0 fully saturated rings. The summed E-state index contributed by atoms with van der Waals surface area (Å²) in [6, 6.07) is 4.86. The molecule has 1 radical (unpaired) electrons. The first-order chi connectivity index (χ1) is 15.2. The Labute approximate surface area is 201 Å². The Morgan fingerprint density at radius 1 is 1.12 bits per heavy atom. The van der Waals surface area contributed by atoms with Crippen LogP contribution in [0.1, 0.15) is 28.9 Å². The molecule has 1 unspecified atom stereocenters. The first-order valence-corrected chi connectivity index (χ1v) is 9.33. The van der Waals surface area contributed by atoms with E-state index in [2.05, 4.69) is 30.6 Å². The van der Waals surface area contributed by atoms with Gasteiger partial charge in [0.2, 0.25) is 5.95 Å². The molecule has 1 atom stereocenters. The number of carbonyl (C=O) groups is 3. The van der Waals surface area contributed by atoms with Gasteiger partial charge in [0.05, 0.1) is 18.4 Å². The van der Waals surface area contributed by atoms with E-state index in [1.165, 1.54) is 18.3 Å². The third-order valence-electron chi connectivity index (χ3n) is 4.36. The molecule has 14 heteroatoms. The van der Waals surface area contributed by atoms with Crippen LogP contribution in [0.4, 0.5) is 11.6 Å². The van der Waals surface area contributed by atoms with Gasteiger partial charge in [0.1, 0.15) is 6.04 Å². The Bertz CT molecular complexity index is 1230. The maximum Gasteiger partial charge on any atom is 0.326 e. The zero-order chi connectivity index (χ0) is 23.3. The summed E-state index contributed by atoms with van der Waals surface area (Å²) in [5.74, 6) is -3.16. The van der Waals surface area contributed by atoms with Gasteiger partial charge in [0, 0.05) is 40.1 Å². The van der Waals surface area contributed by atoms with E-state index in [0.29, 0.717) is 11.4 Å². The standard InChI is InChI=1S/C19H19N7O6.Ag/c20-19-25-15-14(17(30)26-19)23-11(8-22-15)7-21-10-3-1-9(2-4-10)16(29)24-12(18(31)32)5-6-13(27)28;/h1-4,8,12,21H,5-7H2,(H,24,29)(H,27,28)(H,31,32)(H3,20,22,25,26,30);. The number of benzene rings is 1. The van der Waals surface area contributed by atoms with Crippen molar-refractivity contribution in [2.24, 2.45) is 0 Å². The molecule has 2 heterocycles. The topological polar surface area (TPSA) is 213 Å². The molecule has 3 aromatic rings. The number of aromatic amines is 1. The first-order valence-electron chi connectivity index (χ1n) is 9.33. The van der Waals surface area contributed by atoms with Crippen molar-refractivity contribution >= 4 is 40.6 Å². The smallest absolute Gasteiger partial charge is 0.326 e. The van der Waals surface area contributed by atoms with Crippen LogP contribution in [0.3, 0.4) is 0 Å². The van der Waals surface area contributed by atoms with Gasteiger partial charge in [-0.05, 0) is 30.7 Å². The van der Waals surface area contributed by atoms with Gasteiger partial charge in [-0.1, -0.05) is 0 Å². The average molecular weight is 549 g/mol. The van der Waals surface area contributed by atoms with Crippen LogP contribution >= 0.6 is 0 Å². The van der Waals surface area contributed by atoms with Crippen LogP contribution in [-0.4, -0.2) is 54.0 Å². The zero-order valence-electron chi connectivity index (χ0n) is 16.8. The minimum Gasteiger partial charge on any atom is -0.481 e. The van der Waals surface area contributed by atoms with Gasteiger partial charge in [-0.3, -0.25) is 19.4 Å². The molecule has 2 aromatic heterocycles. The van der Waals surface area contributed by atoms with Gasteiger partial charge >= 0.3 is 11.9 Å². The number of hydrogen-bond acceptors (Lipinski definition) is 9. The maximum atomic E-state index is 12.3. The molecule has 3 rings (SSSR count). The fraction of sp³-hybridized carbons (Fsp3) is 0.211. The van der Waals surface area contributed by atoms with Gasteiger partial charge in [-0.15, -0.1) is 0 Å². The number of nitrogen functional groups attached to an aromatic ring is 1. The SMILES string of the molecule is Nc1nc2ncc(CNc3ccc(C(=O)NC(CCC(=O)O)C(=O)O)cc3)nc2c(=O)[nH]1.[Ag]. The number of nitrogens with two attached hydrogens (primary N) is 1. The van der Waals surface area contributed by atoms with E-state index in [4.69, 9.17) is 15.9 Å².